The van der Waals surface area contributed by atoms with Crippen molar-refractivity contribution in [1.82, 2.24) is 4.98 Å². The molecule has 2 amide bonds. The van der Waals surface area contributed by atoms with Gasteiger partial charge in [-0.2, -0.15) is 0 Å². The van der Waals surface area contributed by atoms with E-state index in [0.717, 1.165) is 6.07 Å². The lowest BCUT2D eigenvalue weighted by Crippen LogP contribution is -2.19. The number of benzene rings is 2. The van der Waals surface area contributed by atoms with Gasteiger partial charge >= 0.3 is 12.0 Å². The van der Waals surface area contributed by atoms with Gasteiger partial charge in [0.2, 0.25) is 0 Å². The van der Waals surface area contributed by atoms with Gasteiger partial charge in [0.25, 0.3) is 0 Å². The first-order valence-corrected chi connectivity index (χ1v) is 8.57. The quantitative estimate of drug-likeness (QED) is 0.629. The van der Waals surface area contributed by atoms with Gasteiger partial charge in [-0.15, -0.1) is 11.3 Å². The molecule has 3 rings (SSSR count). The molecule has 2 aromatic carbocycles. The smallest absolute Gasteiger partial charge is 0.341 e. The highest BCUT2D eigenvalue weighted by Gasteiger charge is 2.16. The van der Waals surface area contributed by atoms with Crippen LogP contribution in [-0.2, 0) is 4.74 Å². The number of hydrogen-bond donors (Lipinski definition) is 2. The van der Waals surface area contributed by atoms with Crippen LogP contribution in [0.5, 0.6) is 11.5 Å². The second-order valence-corrected chi connectivity index (χ2v) is 6.04. The largest absolute Gasteiger partial charge is 0.465 e. The van der Waals surface area contributed by atoms with Crippen LogP contribution in [0.1, 0.15) is 10.4 Å². The zero-order valence-electron chi connectivity index (χ0n) is 14.1. The van der Waals surface area contributed by atoms with Gasteiger partial charge in [0.1, 0.15) is 17.1 Å². The van der Waals surface area contributed by atoms with Crippen molar-refractivity contribution in [2.24, 2.45) is 0 Å². The number of para-hydroxylation sites is 1. The molecule has 0 aliphatic carbocycles. The summed E-state index contributed by atoms with van der Waals surface area (Å²) in [7, 11) is 1.26. The first kappa shape index (κ1) is 18.3. The lowest BCUT2D eigenvalue weighted by Gasteiger charge is -2.14. The number of aromatic nitrogens is 1. The molecule has 1 heterocycles. The Bertz CT molecular complexity index is 963. The molecule has 0 saturated carbocycles. The summed E-state index contributed by atoms with van der Waals surface area (Å²) in [5, 5.41) is 7.13. The van der Waals surface area contributed by atoms with Crippen LogP contribution in [0, 0.1) is 5.82 Å². The van der Waals surface area contributed by atoms with Crippen molar-refractivity contribution in [3.8, 4) is 11.5 Å². The van der Waals surface area contributed by atoms with Gasteiger partial charge < -0.3 is 14.8 Å². The monoisotopic (exact) mass is 387 g/mol. The molecule has 0 aliphatic heterocycles. The molecule has 1 aromatic heterocycles. The molecule has 0 fully saturated rings. The van der Waals surface area contributed by atoms with Crippen LogP contribution < -0.4 is 15.4 Å². The first-order chi connectivity index (χ1) is 13.1. The molecular formula is C18H14FN3O4S. The van der Waals surface area contributed by atoms with Crippen LogP contribution in [-0.4, -0.2) is 24.1 Å². The van der Waals surface area contributed by atoms with Crippen molar-refractivity contribution in [2.45, 2.75) is 0 Å². The third-order valence-electron chi connectivity index (χ3n) is 3.35. The van der Waals surface area contributed by atoms with Crippen LogP contribution in [0.25, 0.3) is 0 Å². The van der Waals surface area contributed by atoms with Crippen LogP contribution in [0.4, 0.5) is 20.0 Å². The molecular weight excluding hydrogens is 373 g/mol. The maximum absolute atomic E-state index is 13.7. The maximum atomic E-state index is 13.7. The van der Waals surface area contributed by atoms with E-state index in [9.17, 15) is 14.0 Å². The van der Waals surface area contributed by atoms with E-state index >= 15 is 0 Å². The number of carbonyl (C=O) groups is 2. The lowest BCUT2D eigenvalue weighted by molar-refractivity contribution is 0.0598. The maximum Gasteiger partial charge on any atom is 0.341 e. The van der Waals surface area contributed by atoms with Crippen molar-refractivity contribution in [3.05, 3.63) is 65.4 Å². The molecule has 3 aromatic rings. The summed E-state index contributed by atoms with van der Waals surface area (Å²) in [6.45, 7) is 0. The van der Waals surface area contributed by atoms with Crippen LogP contribution in [0.3, 0.4) is 0 Å². The molecule has 7 nitrogen and oxygen atoms in total. The fourth-order valence-corrected chi connectivity index (χ4v) is 2.70. The van der Waals surface area contributed by atoms with Crippen molar-refractivity contribution >= 4 is 34.2 Å². The van der Waals surface area contributed by atoms with Gasteiger partial charge in [0, 0.05) is 17.6 Å². The van der Waals surface area contributed by atoms with E-state index in [0.29, 0.717) is 5.13 Å². The Kier molecular flexibility index (Phi) is 5.62. The summed E-state index contributed by atoms with van der Waals surface area (Å²) in [6.07, 6.45) is 1.54. The van der Waals surface area contributed by atoms with E-state index in [2.05, 4.69) is 15.6 Å². The number of anilines is 2. The van der Waals surface area contributed by atoms with Crippen molar-refractivity contribution in [2.75, 3.05) is 17.7 Å². The number of rotatable bonds is 5. The SMILES string of the molecule is COC(=O)c1ccccc1Oc1ccc(F)cc1NC(=O)Nc1nccs1. The number of thiazole rings is 1. The van der Waals surface area contributed by atoms with Crippen LogP contribution in [0.2, 0.25) is 0 Å². The van der Waals surface area contributed by atoms with Crippen molar-refractivity contribution in [1.29, 1.82) is 0 Å². The molecule has 2 N–H and O–H groups in total. The minimum absolute atomic E-state index is 0.0868. The Hall–Kier alpha value is -3.46. The van der Waals surface area contributed by atoms with E-state index in [1.165, 1.54) is 36.6 Å². The van der Waals surface area contributed by atoms with Crippen LogP contribution >= 0.6 is 11.3 Å². The highest BCUT2D eigenvalue weighted by molar-refractivity contribution is 7.13. The molecule has 0 aliphatic rings. The average Bonchev–Trinajstić information content (AvgIpc) is 3.16. The zero-order chi connectivity index (χ0) is 19.2. The van der Waals surface area contributed by atoms with Crippen molar-refractivity contribution < 1.29 is 23.5 Å². The van der Waals surface area contributed by atoms with E-state index < -0.39 is 17.8 Å². The van der Waals surface area contributed by atoms with Gasteiger partial charge in [0.05, 0.1) is 12.8 Å². The Morgan fingerprint density at radius 2 is 1.93 bits per heavy atom. The summed E-state index contributed by atoms with van der Waals surface area (Å²) >= 11 is 1.24. The molecule has 9 heteroatoms. The lowest BCUT2D eigenvalue weighted by atomic mass is 10.2. The highest BCUT2D eigenvalue weighted by Crippen LogP contribution is 2.32. The Balaban J connectivity index is 1.84. The van der Waals surface area contributed by atoms with Gasteiger partial charge in [-0.1, -0.05) is 12.1 Å². The summed E-state index contributed by atoms with van der Waals surface area (Å²) in [5.74, 6) is -0.779. The predicted molar refractivity (Wildman–Crippen MR) is 99.0 cm³/mol. The van der Waals surface area contributed by atoms with Crippen molar-refractivity contribution in [3.63, 3.8) is 0 Å². The Morgan fingerprint density at radius 1 is 1.11 bits per heavy atom. The number of nitrogens with zero attached hydrogens (tertiary/aromatic N) is 1. The average molecular weight is 387 g/mol. The molecule has 27 heavy (non-hydrogen) atoms. The minimum Gasteiger partial charge on any atom is -0.465 e. The number of esters is 1. The Morgan fingerprint density at radius 3 is 2.67 bits per heavy atom. The second kappa shape index (κ2) is 8.28. The number of carbonyl (C=O) groups excluding carboxylic acids is 2. The Labute approximate surface area is 157 Å². The minimum atomic E-state index is -0.610. The van der Waals surface area contributed by atoms with Gasteiger partial charge in [-0.05, 0) is 24.3 Å². The summed E-state index contributed by atoms with van der Waals surface area (Å²) in [5.41, 5.74) is 0.284. The number of hydrogen-bond acceptors (Lipinski definition) is 6. The normalized spacial score (nSPS) is 10.1. The zero-order valence-corrected chi connectivity index (χ0v) is 14.9. The molecule has 138 valence electrons. The number of nitrogens with one attached hydrogen (secondary N) is 2. The third kappa shape index (κ3) is 4.59. The highest BCUT2D eigenvalue weighted by atomic mass is 32.1. The third-order valence-corrected chi connectivity index (χ3v) is 4.04. The number of amides is 2. The van der Waals surface area contributed by atoms with Gasteiger partial charge in [-0.25, -0.2) is 19.0 Å². The summed E-state index contributed by atoms with van der Waals surface area (Å²) < 4.78 is 24.1. The number of ether oxygens (including phenoxy) is 2. The molecule has 0 radical (unpaired) electrons. The van der Waals surface area contributed by atoms with E-state index in [-0.39, 0.29) is 22.7 Å². The molecule has 0 spiro atoms. The second-order valence-electron chi connectivity index (χ2n) is 5.15. The summed E-state index contributed by atoms with van der Waals surface area (Å²) in [4.78, 5) is 27.9. The predicted octanol–water partition coefficient (Wildman–Crippen LogP) is 4.51. The molecule has 0 saturated heterocycles. The number of halogens is 1. The van der Waals surface area contributed by atoms with E-state index in [1.54, 1.807) is 29.8 Å². The topological polar surface area (TPSA) is 89.5 Å². The van der Waals surface area contributed by atoms with Gasteiger partial charge in [-0.3, -0.25) is 5.32 Å². The molecule has 0 unspecified atom stereocenters. The van der Waals surface area contributed by atoms with E-state index in [1.807, 2.05) is 0 Å². The standard InChI is InChI=1S/C18H14FN3O4S/c1-25-16(23)12-4-2-3-5-14(12)26-15-7-6-11(19)10-13(15)21-17(24)22-18-20-8-9-27-18/h2-10H,1H3,(H2,20,21,22,24). The fraction of sp³-hybridized carbons (Fsp3) is 0.0556. The molecule has 0 bridgehead atoms. The van der Waals surface area contributed by atoms with E-state index in [4.69, 9.17) is 9.47 Å². The first-order valence-electron chi connectivity index (χ1n) is 7.69. The fourth-order valence-electron chi connectivity index (χ4n) is 2.18. The van der Waals surface area contributed by atoms with Gasteiger partial charge in [0.15, 0.2) is 10.9 Å². The van der Waals surface area contributed by atoms with Crippen LogP contribution in [0.15, 0.2) is 54.0 Å². The number of methoxy groups -OCH3 is 1. The number of urea groups is 1. The summed E-state index contributed by atoms with van der Waals surface area (Å²) in [6, 6.07) is 9.46. The molecule has 0 atom stereocenters.